The smallest absolute Gasteiger partial charge is 0.255 e. The van der Waals surface area contributed by atoms with Gasteiger partial charge in [-0.3, -0.25) is 9.59 Å². The summed E-state index contributed by atoms with van der Waals surface area (Å²) in [7, 11) is 0. The Morgan fingerprint density at radius 2 is 1.38 bits per heavy atom. The number of hydrogen-bond donors (Lipinski definition) is 2. The summed E-state index contributed by atoms with van der Waals surface area (Å²) < 4.78 is 0. The Hall–Kier alpha value is -3.83. The molecule has 0 aliphatic rings. The minimum absolute atomic E-state index is 0.233. The summed E-state index contributed by atoms with van der Waals surface area (Å²) in [6, 6.07) is 32.8. The van der Waals surface area contributed by atoms with E-state index in [1.165, 1.54) is 10.5 Å². The first kappa shape index (κ1) is 23.3. The predicted molar refractivity (Wildman–Crippen MR) is 139 cm³/mol. The van der Waals surface area contributed by atoms with Crippen LogP contribution in [0.5, 0.6) is 0 Å². The Morgan fingerprint density at radius 3 is 2.12 bits per heavy atom. The lowest BCUT2D eigenvalue weighted by molar-refractivity contribution is 0.0952. The lowest BCUT2D eigenvalue weighted by Crippen LogP contribution is -2.24. The van der Waals surface area contributed by atoms with Crippen LogP contribution in [0.25, 0.3) is 0 Å². The van der Waals surface area contributed by atoms with Crippen LogP contribution in [0, 0.1) is 6.92 Å². The highest BCUT2D eigenvalue weighted by Gasteiger charge is 2.14. The summed E-state index contributed by atoms with van der Waals surface area (Å²) in [6.07, 6.45) is 0. The molecule has 0 saturated heterocycles. The van der Waals surface area contributed by atoms with Gasteiger partial charge in [0.25, 0.3) is 11.8 Å². The zero-order chi connectivity index (χ0) is 23.8. The molecule has 170 valence electrons. The monoisotopic (exact) mass is 466 g/mol. The lowest BCUT2D eigenvalue weighted by atomic mass is 10.1. The Bertz CT molecular complexity index is 1250. The van der Waals surface area contributed by atoms with Gasteiger partial charge in [-0.1, -0.05) is 72.3 Å². The first-order valence-corrected chi connectivity index (χ1v) is 12.1. The van der Waals surface area contributed by atoms with Crippen LogP contribution < -0.4 is 10.6 Å². The van der Waals surface area contributed by atoms with E-state index < -0.39 is 0 Å². The van der Waals surface area contributed by atoms with Crippen LogP contribution in [-0.2, 0) is 12.3 Å². The van der Waals surface area contributed by atoms with Crippen molar-refractivity contribution in [3.05, 3.63) is 131 Å². The zero-order valence-electron chi connectivity index (χ0n) is 19.0. The van der Waals surface area contributed by atoms with Gasteiger partial charge in [-0.25, -0.2) is 0 Å². The second kappa shape index (κ2) is 11.3. The third-order valence-corrected chi connectivity index (χ3v) is 6.44. The van der Waals surface area contributed by atoms with Gasteiger partial charge in [-0.15, -0.1) is 11.8 Å². The van der Waals surface area contributed by atoms with Crippen molar-refractivity contribution in [1.82, 2.24) is 5.32 Å². The van der Waals surface area contributed by atoms with Crippen molar-refractivity contribution in [1.29, 1.82) is 0 Å². The third-order valence-electron chi connectivity index (χ3n) is 5.36. The molecule has 0 aliphatic heterocycles. The first-order chi connectivity index (χ1) is 16.6. The van der Waals surface area contributed by atoms with Crippen LogP contribution in [-0.4, -0.2) is 11.8 Å². The van der Waals surface area contributed by atoms with Crippen molar-refractivity contribution >= 4 is 29.3 Å². The molecule has 34 heavy (non-hydrogen) atoms. The molecule has 0 saturated carbocycles. The molecule has 0 aliphatic carbocycles. The normalized spacial score (nSPS) is 10.5. The molecule has 0 atom stereocenters. The summed E-state index contributed by atoms with van der Waals surface area (Å²) >= 11 is 1.76. The fourth-order valence-electron chi connectivity index (χ4n) is 3.41. The summed E-state index contributed by atoms with van der Waals surface area (Å²) in [5.74, 6) is 0.347. The standard InChI is InChI=1S/C29H26N2O2S/c1-21-11-17-25(18-12-21)34-20-23-13-15-24(16-14-23)28(32)31-27-10-6-5-9-26(27)29(33)30-19-22-7-3-2-4-8-22/h2-18H,19-20H2,1H3,(H,30,33)(H,31,32). The van der Waals surface area contributed by atoms with Gasteiger partial charge in [-0.05, 0) is 54.4 Å². The van der Waals surface area contributed by atoms with E-state index in [0.29, 0.717) is 23.4 Å². The van der Waals surface area contributed by atoms with Crippen LogP contribution in [0.2, 0.25) is 0 Å². The van der Waals surface area contributed by atoms with Crippen molar-refractivity contribution in [3.63, 3.8) is 0 Å². The van der Waals surface area contributed by atoms with Crippen LogP contribution >= 0.6 is 11.8 Å². The lowest BCUT2D eigenvalue weighted by Gasteiger charge is -2.12. The SMILES string of the molecule is Cc1ccc(SCc2ccc(C(=O)Nc3ccccc3C(=O)NCc3ccccc3)cc2)cc1. The van der Waals surface area contributed by atoms with E-state index in [2.05, 4.69) is 41.8 Å². The van der Waals surface area contributed by atoms with Crippen LogP contribution in [0.3, 0.4) is 0 Å². The Kier molecular flexibility index (Phi) is 7.79. The number of thioether (sulfide) groups is 1. The second-order valence-electron chi connectivity index (χ2n) is 7.97. The van der Waals surface area contributed by atoms with Gasteiger partial charge in [0.2, 0.25) is 0 Å². The van der Waals surface area contributed by atoms with Crippen molar-refractivity contribution in [2.24, 2.45) is 0 Å². The molecule has 2 N–H and O–H groups in total. The summed E-state index contributed by atoms with van der Waals surface area (Å²) in [5.41, 5.74) is 4.86. The minimum atomic E-state index is -0.249. The molecular weight excluding hydrogens is 440 g/mol. The number of benzene rings is 4. The molecule has 4 aromatic carbocycles. The number of carbonyl (C=O) groups excluding carboxylic acids is 2. The van der Waals surface area contributed by atoms with E-state index in [9.17, 15) is 9.59 Å². The average molecular weight is 467 g/mol. The van der Waals surface area contributed by atoms with Gasteiger partial charge in [0, 0.05) is 22.8 Å². The Labute approximate surface area is 204 Å². The second-order valence-corrected chi connectivity index (χ2v) is 9.02. The van der Waals surface area contributed by atoms with E-state index in [-0.39, 0.29) is 11.8 Å². The number of rotatable bonds is 8. The molecule has 4 rings (SSSR count). The molecule has 0 aromatic heterocycles. The van der Waals surface area contributed by atoms with Gasteiger partial charge >= 0.3 is 0 Å². The summed E-state index contributed by atoms with van der Waals surface area (Å²) in [4.78, 5) is 26.8. The number of carbonyl (C=O) groups is 2. The van der Waals surface area contributed by atoms with Crippen LogP contribution in [0.1, 0.15) is 37.4 Å². The molecule has 4 nitrogen and oxygen atoms in total. The first-order valence-electron chi connectivity index (χ1n) is 11.1. The van der Waals surface area contributed by atoms with E-state index >= 15 is 0 Å². The summed E-state index contributed by atoms with van der Waals surface area (Å²) in [5, 5.41) is 5.80. The molecule has 5 heteroatoms. The van der Waals surface area contributed by atoms with E-state index in [0.717, 1.165) is 16.9 Å². The van der Waals surface area contributed by atoms with Crippen LogP contribution in [0.4, 0.5) is 5.69 Å². The van der Waals surface area contributed by atoms with E-state index in [1.54, 1.807) is 36.0 Å². The van der Waals surface area contributed by atoms with Gasteiger partial charge in [-0.2, -0.15) is 0 Å². The highest BCUT2D eigenvalue weighted by atomic mass is 32.2. The maximum Gasteiger partial charge on any atom is 0.255 e. The fourth-order valence-corrected chi connectivity index (χ4v) is 4.27. The largest absolute Gasteiger partial charge is 0.348 e. The maximum absolute atomic E-state index is 12.8. The molecule has 4 aromatic rings. The van der Waals surface area contributed by atoms with Crippen molar-refractivity contribution in [2.45, 2.75) is 24.1 Å². The topological polar surface area (TPSA) is 58.2 Å². The van der Waals surface area contributed by atoms with Crippen molar-refractivity contribution in [3.8, 4) is 0 Å². The molecule has 0 fully saturated rings. The Morgan fingerprint density at radius 1 is 0.706 bits per heavy atom. The predicted octanol–water partition coefficient (Wildman–Crippen LogP) is 6.47. The molecule has 0 heterocycles. The van der Waals surface area contributed by atoms with E-state index in [1.807, 2.05) is 54.6 Å². The number of amides is 2. The molecule has 0 spiro atoms. The molecule has 0 unspecified atom stereocenters. The van der Waals surface area contributed by atoms with Crippen molar-refractivity contribution in [2.75, 3.05) is 5.32 Å². The quantitative estimate of drug-likeness (QED) is 0.293. The average Bonchev–Trinajstić information content (AvgIpc) is 2.88. The van der Waals surface area contributed by atoms with Crippen molar-refractivity contribution < 1.29 is 9.59 Å². The van der Waals surface area contributed by atoms with Gasteiger partial charge in [0.15, 0.2) is 0 Å². The van der Waals surface area contributed by atoms with E-state index in [4.69, 9.17) is 0 Å². The number of anilines is 1. The molecule has 0 radical (unpaired) electrons. The highest BCUT2D eigenvalue weighted by molar-refractivity contribution is 7.98. The van der Waals surface area contributed by atoms with Gasteiger partial charge in [0.05, 0.1) is 11.3 Å². The Balaban J connectivity index is 1.36. The summed E-state index contributed by atoms with van der Waals surface area (Å²) in [6.45, 7) is 2.50. The molecular formula is C29H26N2O2S. The van der Waals surface area contributed by atoms with Gasteiger partial charge < -0.3 is 10.6 Å². The van der Waals surface area contributed by atoms with Crippen LogP contribution in [0.15, 0.2) is 108 Å². The third kappa shape index (κ3) is 6.36. The molecule has 0 bridgehead atoms. The van der Waals surface area contributed by atoms with Gasteiger partial charge in [0.1, 0.15) is 0 Å². The fraction of sp³-hybridized carbons (Fsp3) is 0.103. The number of hydrogen-bond acceptors (Lipinski definition) is 3. The maximum atomic E-state index is 12.8. The molecule has 2 amide bonds. The number of aryl methyl sites for hydroxylation is 1. The highest BCUT2D eigenvalue weighted by Crippen LogP contribution is 2.23. The zero-order valence-corrected chi connectivity index (χ0v) is 19.8. The minimum Gasteiger partial charge on any atom is -0.348 e. The number of nitrogens with one attached hydrogen (secondary N) is 2. The number of para-hydroxylation sites is 1.